The lowest BCUT2D eigenvalue weighted by atomic mass is 9.98. The van der Waals surface area contributed by atoms with Crippen LogP contribution in [0.4, 0.5) is 0 Å². The number of sulfonamides is 1. The van der Waals surface area contributed by atoms with Crippen LogP contribution in [-0.2, 0) is 19.9 Å². The molecule has 2 aromatic carbocycles. The Morgan fingerprint density at radius 1 is 0.923 bits per heavy atom. The lowest BCUT2D eigenvalue weighted by molar-refractivity contribution is 0.388. The fourth-order valence-electron chi connectivity index (χ4n) is 4.25. The monoisotopic (exact) mass is 393 g/mol. The molecule has 0 radical (unpaired) electrons. The van der Waals surface area contributed by atoms with Gasteiger partial charge in [-0.1, -0.05) is 42.5 Å². The van der Waals surface area contributed by atoms with Crippen molar-refractivity contribution in [3.63, 3.8) is 0 Å². The van der Waals surface area contributed by atoms with Gasteiger partial charge in [-0.05, 0) is 42.0 Å². The molecule has 0 N–H and O–H groups in total. The second-order valence-corrected chi connectivity index (χ2v) is 11.7. The fraction of sp³-hybridized carbons (Fsp3) is 0.474. The van der Waals surface area contributed by atoms with Crippen LogP contribution in [0.25, 0.3) is 10.8 Å². The van der Waals surface area contributed by atoms with E-state index in [1.807, 2.05) is 42.5 Å². The number of nitrogens with zero attached hydrogens (tertiary/aromatic N) is 1. The van der Waals surface area contributed by atoms with Gasteiger partial charge in [0.25, 0.3) is 0 Å². The molecule has 2 fully saturated rings. The standard InChI is InChI=1S/C19H23NO4S2/c21-25(22)13-10-16(11-14-25)26(23,24)20-12-4-9-19(20)18-8-3-6-15-5-1-2-7-17(15)18/h1-3,5-8,16,19H,4,9-14H2. The van der Waals surface area contributed by atoms with E-state index < -0.39 is 25.1 Å². The largest absolute Gasteiger partial charge is 0.229 e. The maximum absolute atomic E-state index is 13.2. The molecule has 26 heavy (non-hydrogen) atoms. The highest BCUT2D eigenvalue weighted by Crippen LogP contribution is 2.39. The average molecular weight is 394 g/mol. The Hall–Kier alpha value is -1.44. The Morgan fingerprint density at radius 2 is 1.62 bits per heavy atom. The first-order chi connectivity index (χ1) is 12.4. The lowest BCUT2D eigenvalue weighted by Gasteiger charge is -2.31. The van der Waals surface area contributed by atoms with E-state index in [4.69, 9.17) is 0 Å². The summed E-state index contributed by atoms with van der Waals surface area (Å²) in [4.78, 5) is 0. The third-order valence-electron chi connectivity index (χ3n) is 5.64. The minimum atomic E-state index is -3.51. The van der Waals surface area contributed by atoms with Crippen LogP contribution in [0.1, 0.15) is 37.3 Å². The first-order valence-electron chi connectivity index (χ1n) is 9.07. The molecule has 0 bridgehead atoms. The molecule has 7 heteroatoms. The predicted molar refractivity (Wildman–Crippen MR) is 103 cm³/mol. The van der Waals surface area contributed by atoms with Gasteiger partial charge in [-0.3, -0.25) is 0 Å². The second-order valence-electron chi connectivity index (χ2n) is 7.23. The number of sulfone groups is 1. The van der Waals surface area contributed by atoms with E-state index in [0.29, 0.717) is 6.54 Å². The fourth-order valence-corrected chi connectivity index (χ4v) is 8.22. The number of hydrogen-bond acceptors (Lipinski definition) is 4. The van der Waals surface area contributed by atoms with Gasteiger partial charge < -0.3 is 0 Å². The van der Waals surface area contributed by atoms with E-state index in [1.165, 1.54) is 0 Å². The molecule has 2 heterocycles. The lowest BCUT2D eigenvalue weighted by Crippen LogP contribution is -2.42. The van der Waals surface area contributed by atoms with Crippen LogP contribution in [-0.4, -0.2) is 44.4 Å². The molecule has 2 aliphatic rings. The van der Waals surface area contributed by atoms with Crippen LogP contribution in [0.5, 0.6) is 0 Å². The van der Waals surface area contributed by atoms with Gasteiger partial charge in [0.15, 0.2) is 0 Å². The molecular formula is C19H23NO4S2. The number of hydrogen-bond donors (Lipinski definition) is 0. The summed E-state index contributed by atoms with van der Waals surface area (Å²) in [6.07, 6.45) is 2.06. The van der Waals surface area contributed by atoms with Gasteiger partial charge in [0.05, 0.1) is 22.8 Å². The van der Waals surface area contributed by atoms with Gasteiger partial charge in [-0.25, -0.2) is 16.8 Å². The van der Waals surface area contributed by atoms with Crippen molar-refractivity contribution < 1.29 is 16.8 Å². The normalized spacial score (nSPS) is 24.8. The number of rotatable bonds is 3. The maximum atomic E-state index is 13.2. The summed E-state index contributed by atoms with van der Waals surface area (Å²) in [6.45, 7) is 0.513. The molecule has 0 amide bonds. The van der Waals surface area contributed by atoms with Crippen LogP contribution < -0.4 is 0 Å². The summed E-state index contributed by atoms with van der Waals surface area (Å²) in [5.41, 5.74) is 1.05. The summed E-state index contributed by atoms with van der Waals surface area (Å²) in [5.74, 6) is -0.0483. The van der Waals surface area contributed by atoms with E-state index in [-0.39, 0.29) is 30.4 Å². The van der Waals surface area contributed by atoms with Crippen molar-refractivity contribution in [2.24, 2.45) is 0 Å². The van der Waals surface area contributed by atoms with Gasteiger partial charge in [-0.2, -0.15) is 4.31 Å². The van der Waals surface area contributed by atoms with Crippen molar-refractivity contribution >= 4 is 30.6 Å². The van der Waals surface area contributed by atoms with E-state index in [9.17, 15) is 16.8 Å². The Morgan fingerprint density at radius 3 is 2.38 bits per heavy atom. The SMILES string of the molecule is O=S1(=O)CCC(S(=O)(=O)N2CCCC2c2cccc3ccccc23)CC1. The van der Waals surface area contributed by atoms with Crippen molar-refractivity contribution in [3.05, 3.63) is 48.0 Å². The Bertz CT molecular complexity index is 1010. The van der Waals surface area contributed by atoms with E-state index >= 15 is 0 Å². The Balaban J connectivity index is 1.68. The van der Waals surface area contributed by atoms with Crippen molar-refractivity contribution in [2.45, 2.75) is 37.0 Å². The van der Waals surface area contributed by atoms with Gasteiger partial charge in [-0.15, -0.1) is 0 Å². The summed E-state index contributed by atoms with van der Waals surface area (Å²) >= 11 is 0. The van der Waals surface area contributed by atoms with Gasteiger partial charge in [0.1, 0.15) is 9.84 Å². The van der Waals surface area contributed by atoms with Crippen LogP contribution in [0, 0.1) is 0 Å². The van der Waals surface area contributed by atoms with Crippen molar-refractivity contribution in [3.8, 4) is 0 Å². The molecule has 2 aliphatic heterocycles. The van der Waals surface area contributed by atoms with Crippen LogP contribution >= 0.6 is 0 Å². The second kappa shape index (κ2) is 6.62. The summed E-state index contributed by atoms with van der Waals surface area (Å²) < 4.78 is 51.5. The third-order valence-corrected chi connectivity index (χ3v) is 9.76. The zero-order valence-electron chi connectivity index (χ0n) is 14.5. The summed E-state index contributed by atoms with van der Waals surface area (Å²) in [7, 11) is -6.59. The third kappa shape index (κ3) is 3.17. The molecule has 0 aliphatic carbocycles. The number of benzene rings is 2. The Kier molecular flexibility index (Phi) is 4.57. The van der Waals surface area contributed by atoms with Crippen molar-refractivity contribution in [2.75, 3.05) is 18.1 Å². The topological polar surface area (TPSA) is 71.5 Å². The quantitative estimate of drug-likeness (QED) is 0.804. The van der Waals surface area contributed by atoms with Crippen LogP contribution in [0.3, 0.4) is 0 Å². The molecule has 0 saturated carbocycles. The highest BCUT2D eigenvalue weighted by Gasteiger charge is 2.42. The van der Waals surface area contributed by atoms with E-state index in [2.05, 4.69) is 0 Å². The van der Waals surface area contributed by atoms with E-state index in [0.717, 1.165) is 29.2 Å². The van der Waals surface area contributed by atoms with Gasteiger partial charge in [0.2, 0.25) is 10.0 Å². The molecule has 140 valence electrons. The van der Waals surface area contributed by atoms with Gasteiger partial charge >= 0.3 is 0 Å². The van der Waals surface area contributed by atoms with Crippen molar-refractivity contribution in [1.29, 1.82) is 0 Å². The first kappa shape index (κ1) is 17.9. The predicted octanol–water partition coefficient (Wildman–Crippen LogP) is 2.88. The van der Waals surface area contributed by atoms with Crippen molar-refractivity contribution in [1.82, 2.24) is 4.31 Å². The molecule has 1 atom stereocenters. The maximum Gasteiger partial charge on any atom is 0.217 e. The Labute approximate surface area is 155 Å². The molecule has 0 spiro atoms. The molecule has 2 aromatic rings. The summed E-state index contributed by atoms with van der Waals surface area (Å²) in [5, 5.41) is 1.62. The average Bonchev–Trinajstić information content (AvgIpc) is 3.11. The molecular weight excluding hydrogens is 370 g/mol. The molecule has 1 unspecified atom stereocenters. The highest BCUT2D eigenvalue weighted by atomic mass is 32.2. The summed E-state index contributed by atoms with van der Waals surface area (Å²) in [6, 6.07) is 13.9. The molecule has 4 rings (SSSR count). The van der Waals surface area contributed by atoms with Crippen LogP contribution in [0.15, 0.2) is 42.5 Å². The zero-order chi connectivity index (χ0) is 18.4. The first-order valence-corrected chi connectivity index (χ1v) is 12.4. The van der Waals surface area contributed by atoms with E-state index in [1.54, 1.807) is 4.31 Å². The molecule has 5 nitrogen and oxygen atoms in total. The smallest absolute Gasteiger partial charge is 0.217 e. The van der Waals surface area contributed by atoms with Gasteiger partial charge in [0, 0.05) is 6.54 Å². The minimum Gasteiger partial charge on any atom is -0.229 e. The van der Waals surface area contributed by atoms with Crippen LogP contribution in [0.2, 0.25) is 0 Å². The highest BCUT2D eigenvalue weighted by molar-refractivity contribution is 7.92. The molecule has 2 saturated heterocycles. The number of fused-ring (bicyclic) bond motifs is 1. The zero-order valence-corrected chi connectivity index (χ0v) is 16.2. The minimum absolute atomic E-state index is 0.0241. The molecule has 0 aromatic heterocycles.